The highest BCUT2D eigenvalue weighted by Crippen LogP contribution is 2.41. The molecule has 30 heavy (non-hydrogen) atoms. The zero-order valence-corrected chi connectivity index (χ0v) is 18.1. The number of carbonyl (C=O) groups is 3. The van der Waals surface area contributed by atoms with Crippen LogP contribution in [0.15, 0.2) is 32.6 Å². The lowest BCUT2D eigenvalue weighted by Crippen LogP contribution is -2.70. The summed E-state index contributed by atoms with van der Waals surface area (Å²) in [5.41, 5.74) is 5.94. The van der Waals surface area contributed by atoms with Crippen molar-refractivity contribution in [2.75, 3.05) is 18.6 Å². The summed E-state index contributed by atoms with van der Waals surface area (Å²) in [5.74, 6) is -1.25. The fourth-order valence-electron chi connectivity index (χ4n) is 2.71. The second-order valence-corrected chi connectivity index (χ2v) is 8.69. The zero-order valence-electron chi connectivity index (χ0n) is 15.0. The lowest BCUT2D eigenvalue weighted by molar-refractivity contribution is -0.148. The molecular weight excluding hydrogens is 481 g/mol. The van der Waals surface area contributed by atoms with Gasteiger partial charge in [-0.05, 0) is 6.08 Å². The van der Waals surface area contributed by atoms with Crippen LogP contribution in [0.3, 0.4) is 0 Å². The molecule has 11 nitrogen and oxygen atoms in total. The van der Waals surface area contributed by atoms with Crippen LogP contribution in [0.2, 0.25) is 0 Å². The van der Waals surface area contributed by atoms with Crippen LogP contribution in [-0.2, 0) is 19.2 Å². The molecule has 3 heterocycles. The number of thioether (sulfide) groups is 1. The van der Waals surface area contributed by atoms with Crippen molar-refractivity contribution in [3.8, 4) is 0 Å². The number of hydrogen-bond acceptors (Lipinski definition) is 10. The molecule has 0 saturated carbocycles. The molecule has 2 aliphatic rings. The van der Waals surface area contributed by atoms with Crippen LogP contribution in [0.4, 0.5) is 9.93 Å². The topological polar surface area (TPSA) is 156 Å². The molecule has 0 bridgehead atoms. The minimum Gasteiger partial charge on any atom is -0.449 e. The van der Waals surface area contributed by atoms with Crippen molar-refractivity contribution in [2.45, 2.75) is 11.4 Å². The maximum atomic E-state index is 12.7. The number of rotatable bonds is 6. The number of amides is 2. The minimum absolute atomic E-state index is 0.128. The third kappa shape index (κ3) is 4.48. The first-order valence-electron chi connectivity index (χ1n) is 7.97. The van der Waals surface area contributed by atoms with Gasteiger partial charge in [0, 0.05) is 16.7 Å². The van der Waals surface area contributed by atoms with E-state index in [9.17, 15) is 14.4 Å². The average Bonchev–Trinajstić information content (AvgIpc) is 3.10. The average molecular weight is 494 g/mol. The van der Waals surface area contributed by atoms with Gasteiger partial charge in [0.2, 0.25) is 5.88 Å². The van der Waals surface area contributed by atoms with Crippen molar-refractivity contribution in [3.05, 3.63) is 33.1 Å². The number of thiazole rings is 1. The van der Waals surface area contributed by atoms with E-state index in [1.807, 2.05) is 0 Å². The summed E-state index contributed by atoms with van der Waals surface area (Å²) < 4.78 is 4.64. The monoisotopic (exact) mass is 493 g/mol. The third-order valence-corrected chi connectivity index (χ3v) is 6.06. The molecule has 160 valence electrons. The van der Waals surface area contributed by atoms with E-state index in [1.165, 1.54) is 30.3 Å². The molecular formula is C15H13Cl2N5O6S2. The highest BCUT2D eigenvalue weighted by molar-refractivity contribution is 8.00. The Labute approximate surface area is 187 Å². The Bertz CT molecular complexity index is 990. The lowest BCUT2D eigenvalue weighted by Gasteiger charge is -2.48. The van der Waals surface area contributed by atoms with Gasteiger partial charge in [-0.1, -0.05) is 28.4 Å². The van der Waals surface area contributed by atoms with Crippen molar-refractivity contribution >= 4 is 75.1 Å². The van der Waals surface area contributed by atoms with Crippen molar-refractivity contribution < 1.29 is 29.1 Å². The summed E-state index contributed by atoms with van der Waals surface area (Å²) >= 11 is 13.7. The van der Waals surface area contributed by atoms with Crippen LogP contribution in [0, 0.1) is 0 Å². The molecule has 2 amide bonds. The van der Waals surface area contributed by atoms with Crippen LogP contribution < -0.4 is 11.1 Å². The van der Waals surface area contributed by atoms with E-state index in [-0.39, 0.29) is 32.7 Å². The minimum atomic E-state index is -1.61. The Balaban J connectivity index is 1.81. The first-order chi connectivity index (χ1) is 14.2. The predicted molar refractivity (Wildman–Crippen MR) is 111 cm³/mol. The highest BCUT2D eigenvalue weighted by atomic mass is 35.5. The van der Waals surface area contributed by atoms with E-state index < -0.39 is 29.4 Å². The maximum Gasteiger partial charge on any atom is 0.512 e. The van der Waals surface area contributed by atoms with Gasteiger partial charge in [0.05, 0.1) is 0 Å². The fourth-order valence-corrected chi connectivity index (χ4v) is 4.80. The van der Waals surface area contributed by atoms with E-state index in [1.54, 1.807) is 0 Å². The van der Waals surface area contributed by atoms with Crippen molar-refractivity contribution in [1.82, 2.24) is 15.2 Å². The number of nitrogen functional groups attached to an aromatic ring is 1. The molecule has 1 aromatic rings. The number of anilines is 1. The largest absolute Gasteiger partial charge is 0.512 e. The van der Waals surface area contributed by atoms with Gasteiger partial charge in [0.25, 0.3) is 11.8 Å². The van der Waals surface area contributed by atoms with E-state index in [0.29, 0.717) is 5.57 Å². The lowest BCUT2D eigenvalue weighted by atomic mass is 10.1. The molecule has 0 aromatic carbocycles. The van der Waals surface area contributed by atoms with Crippen LogP contribution in [0.5, 0.6) is 0 Å². The number of nitrogens with zero attached hydrogens (tertiary/aromatic N) is 3. The Hall–Kier alpha value is -2.48. The summed E-state index contributed by atoms with van der Waals surface area (Å²) in [6, 6.07) is -0.954. The number of ether oxygens (including phenoxy) is 1. The number of halogens is 2. The normalized spacial score (nSPS) is 20.8. The zero-order chi connectivity index (χ0) is 22.0. The summed E-state index contributed by atoms with van der Waals surface area (Å²) in [5, 5.41) is 16.4. The van der Waals surface area contributed by atoms with Crippen molar-refractivity contribution in [3.63, 3.8) is 0 Å². The van der Waals surface area contributed by atoms with E-state index in [0.717, 1.165) is 16.2 Å². The first-order valence-corrected chi connectivity index (χ1v) is 10.7. The number of hydrogen-bond donors (Lipinski definition) is 3. The molecule has 1 fully saturated rings. The number of nitrogens with one attached hydrogen (secondary N) is 1. The van der Waals surface area contributed by atoms with Gasteiger partial charge >= 0.3 is 6.16 Å². The number of carboxylic acid groups (broad SMARTS) is 1. The Kier molecular flexibility index (Phi) is 6.75. The van der Waals surface area contributed by atoms with Gasteiger partial charge in [-0.3, -0.25) is 14.5 Å². The molecule has 2 aliphatic heterocycles. The number of oxime groups is 1. The van der Waals surface area contributed by atoms with Gasteiger partial charge in [-0.2, -0.15) is 0 Å². The highest BCUT2D eigenvalue weighted by Gasteiger charge is 2.54. The van der Waals surface area contributed by atoms with Crippen LogP contribution in [-0.4, -0.2) is 63.0 Å². The number of β-lactam (4-membered cyclic amide) rings is 1. The van der Waals surface area contributed by atoms with Crippen LogP contribution in [0.25, 0.3) is 0 Å². The maximum absolute atomic E-state index is 12.7. The number of nitrogens with two attached hydrogens (primary N) is 1. The molecule has 4 N–H and O–H groups in total. The molecule has 0 aliphatic carbocycles. The first kappa shape index (κ1) is 22.2. The summed E-state index contributed by atoms with van der Waals surface area (Å²) in [4.78, 5) is 46.2. The SMILES string of the molecule is CON=C(C(=O)NC1C(=O)N2C(OC(=O)O)=C(C=C(Cl)Cl)CS[C@@H]12)c1csc(N)n1. The molecule has 2 atom stereocenters. The standard InChI is InChI=1S/C15H13Cl2N5O6S2/c1-27-21-8(6-4-30-14(18)19-6)10(23)20-9-11(24)22-12(28-15(25)26)5(2-7(16)17)3-29-13(9)22/h2,4,9,13H,3H2,1H3,(H2,18,19)(H,20,23)(H,25,26)/t9?,13-/m0/s1. The number of aromatic nitrogens is 1. The van der Waals surface area contributed by atoms with E-state index >= 15 is 0 Å². The van der Waals surface area contributed by atoms with Crippen LogP contribution >= 0.6 is 46.3 Å². The quantitative estimate of drug-likeness (QED) is 0.232. The molecule has 15 heteroatoms. The number of carbonyl (C=O) groups excluding carboxylic acids is 2. The van der Waals surface area contributed by atoms with Crippen LogP contribution in [0.1, 0.15) is 5.69 Å². The third-order valence-electron chi connectivity index (χ3n) is 3.86. The van der Waals surface area contributed by atoms with Gasteiger partial charge < -0.3 is 25.7 Å². The molecule has 1 unspecified atom stereocenters. The Morgan fingerprint density at radius 1 is 1.50 bits per heavy atom. The number of allylic oxidation sites excluding steroid dienone is 1. The molecule has 1 saturated heterocycles. The van der Waals surface area contributed by atoms with Gasteiger partial charge in [0.1, 0.15) is 28.7 Å². The van der Waals surface area contributed by atoms with Gasteiger partial charge in [-0.15, -0.1) is 23.1 Å². The van der Waals surface area contributed by atoms with E-state index in [4.69, 9.17) is 43.6 Å². The Morgan fingerprint density at radius 3 is 2.80 bits per heavy atom. The van der Waals surface area contributed by atoms with Gasteiger partial charge in [0.15, 0.2) is 10.8 Å². The predicted octanol–water partition coefficient (Wildman–Crippen LogP) is 1.70. The van der Waals surface area contributed by atoms with E-state index in [2.05, 4.69) is 15.5 Å². The smallest absolute Gasteiger partial charge is 0.449 e. The molecule has 1 aromatic heterocycles. The Morgan fingerprint density at radius 2 is 2.23 bits per heavy atom. The van der Waals surface area contributed by atoms with Gasteiger partial charge in [-0.25, -0.2) is 9.78 Å². The fraction of sp³-hybridized carbons (Fsp3) is 0.267. The summed E-state index contributed by atoms with van der Waals surface area (Å²) in [6.45, 7) is 0. The van der Waals surface area contributed by atoms with Crippen molar-refractivity contribution in [1.29, 1.82) is 0 Å². The molecule has 0 spiro atoms. The number of fused-ring (bicyclic) bond motifs is 1. The summed E-state index contributed by atoms with van der Waals surface area (Å²) in [6.07, 6.45) is -0.317. The van der Waals surface area contributed by atoms with Crippen molar-refractivity contribution in [2.24, 2.45) is 5.16 Å². The molecule has 3 rings (SSSR count). The second kappa shape index (κ2) is 9.12. The summed E-state index contributed by atoms with van der Waals surface area (Å²) in [7, 11) is 1.26. The molecule has 0 radical (unpaired) electrons. The second-order valence-electron chi connectivity index (χ2n) is 5.69.